The first-order valence-corrected chi connectivity index (χ1v) is 12.8. The summed E-state index contributed by atoms with van der Waals surface area (Å²) in [6.45, 7) is 2.90. The molecule has 0 bridgehead atoms. The van der Waals surface area contributed by atoms with Gasteiger partial charge < -0.3 is 0 Å². The van der Waals surface area contributed by atoms with Crippen molar-refractivity contribution in [3.63, 3.8) is 0 Å². The number of amides is 2. The summed E-state index contributed by atoms with van der Waals surface area (Å²) in [5.41, 5.74) is 3.20. The van der Waals surface area contributed by atoms with E-state index >= 15 is 0 Å². The molecule has 0 radical (unpaired) electrons. The molecule has 3 aromatic heterocycles. The number of aromatic nitrogens is 5. The Bertz CT molecular complexity index is 1730. The molecule has 2 amide bonds. The zero-order chi connectivity index (χ0) is 28.0. The lowest BCUT2D eigenvalue weighted by Gasteiger charge is -2.31. The van der Waals surface area contributed by atoms with Gasteiger partial charge in [-0.05, 0) is 48.9 Å². The molecular formula is C29H25F2N7O2. The van der Waals surface area contributed by atoms with Gasteiger partial charge in [0.15, 0.2) is 0 Å². The third-order valence-electron chi connectivity index (χ3n) is 7.03. The van der Waals surface area contributed by atoms with Crippen LogP contribution in [0.2, 0.25) is 0 Å². The maximum Gasteiger partial charge on any atom is 0.259 e. The molecule has 202 valence electrons. The number of carbonyl (C=O) groups excluding carboxylic acids is 2. The fourth-order valence-electron chi connectivity index (χ4n) is 5.25. The minimum atomic E-state index is -1.29. The fourth-order valence-corrected chi connectivity index (χ4v) is 5.25. The Balaban J connectivity index is 1.38. The molecule has 2 atom stereocenters. The Morgan fingerprint density at radius 1 is 1.02 bits per heavy atom. The number of alkyl halides is 1. The van der Waals surface area contributed by atoms with E-state index in [4.69, 9.17) is 0 Å². The van der Waals surface area contributed by atoms with Crippen molar-refractivity contribution < 1.29 is 18.4 Å². The zero-order valence-electron chi connectivity index (χ0n) is 21.8. The quantitative estimate of drug-likeness (QED) is 0.329. The fraction of sp³-hybridized carbons (Fsp3) is 0.207. The molecule has 5 aromatic rings. The van der Waals surface area contributed by atoms with E-state index in [9.17, 15) is 18.4 Å². The van der Waals surface area contributed by atoms with Gasteiger partial charge in [-0.25, -0.2) is 18.4 Å². The van der Waals surface area contributed by atoms with Crippen molar-refractivity contribution in [1.29, 1.82) is 0 Å². The van der Waals surface area contributed by atoms with Gasteiger partial charge in [-0.1, -0.05) is 18.2 Å². The number of rotatable bonds is 5. The molecule has 4 heterocycles. The summed E-state index contributed by atoms with van der Waals surface area (Å²) < 4.78 is 32.6. The highest BCUT2D eigenvalue weighted by Crippen LogP contribution is 2.30. The van der Waals surface area contributed by atoms with Crippen molar-refractivity contribution in [2.75, 3.05) is 16.5 Å². The molecule has 11 heteroatoms. The molecular weight excluding hydrogens is 516 g/mol. The first-order valence-electron chi connectivity index (χ1n) is 12.8. The zero-order valence-corrected chi connectivity index (χ0v) is 21.8. The molecule has 1 aliphatic rings. The number of carbonyl (C=O) groups is 2. The minimum Gasteiger partial charge on any atom is -0.297 e. The summed E-state index contributed by atoms with van der Waals surface area (Å²) in [6.07, 6.45) is 3.68. The van der Waals surface area contributed by atoms with Crippen molar-refractivity contribution in [2.45, 2.75) is 32.5 Å². The number of para-hydroxylation sites is 1. The van der Waals surface area contributed by atoms with Crippen LogP contribution in [0.5, 0.6) is 0 Å². The van der Waals surface area contributed by atoms with Crippen LogP contribution in [-0.4, -0.2) is 55.2 Å². The number of fused-ring (bicyclic) bond motifs is 1. The van der Waals surface area contributed by atoms with Gasteiger partial charge >= 0.3 is 0 Å². The number of halogens is 2. The predicted octanol–water partition coefficient (Wildman–Crippen LogP) is 4.36. The van der Waals surface area contributed by atoms with Crippen LogP contribution in [0.4, 0.5) is 14.6 Å². The van der Waals surface area contributed by atoms with Gasteiger partial charge in [-0.2, -0.15) is 15.3 Å². The summed E-state index contributed by atoms with van der Waals surface area (Å²) in [4.78, 5) is 27.9. The average Bonchev–Trinajstić information content (AvgIpc) is 3.65. The van der Waals surface area contributed by atoms with E-state index in [1.54, 1.807) is 53.4 Å². The summed E-state index contributed by atoms with van der Waals surface area (Å²) in [7, 11) is 0. The van der Waals surface area contributed by atoms with Crippen LogP contribution in [-0.2, 0) is 9.59 Å². The topological polar surface area (TPSA) is 89.2 Å². The number of imide groups is 1. The van der Waals surface area contributed by atoms with Crippen LogP contribution in [0, 0.1) is 12.7 Å². The molecule has 0 aliphatic carbocycles. The Labute approximate surface area is 228 Å². The van der Waals surface area contributed by atoms with Crippen LogP contribution in [0.25, 0.3) is 27.7 Å². The molecule has 9 nitrogen and oxygen atoms in total. The third-order valence-corrected chi connectivity index (χ3v) is 7.03. The van der Waals surface area contributed by atoms with Crippen molar-refractivity contribution in [3.05, 3.63) is 90.8 Å². The van der Waals surface area contributed by atoms with Gasteiger partial charge in [0.25, 0.3) is 5.91 Å². The van der Waals surface area contributed by atoms with Crippen LogP contribution >= 0.6 is 0 Å². The average molecular weight is 542 g/mol. The molecule has 6 rings (SSSR count). The normalized spacial score (nSPS) is 16.9. The molecule has 1 fully saturated rings. The molecule has 0 N–H and O–H groups in total. The number of nitrogens with zero attached hydrogens (tertiary/aromatic N) is 7. The van der Waals surface area contributed by atoms with E-state index in [0.29, 0.717) is 5.69 Å². The second-order valence-corrected chi connectivity index (χ2v) is 9.74. The van der Waals surface area contributed by atoms with E-state index in [1.165, 1.54) is 23.7 Å². The Hall–Kier alpha value is -4.93. The largest absolute Gasteiger partial charge is 0.297 e. The van der Waals surface area contributed by atoms with Gasteiger partial charge in [0.05, 0.1) is 30.1 Å². The maximum atomic E-state index is 14.9. The number of hydrogen-bond donors (Lipinski definition) is 0. The molecule has 1 aliphatic heterocycles. The molecule has 0 saturated carbocycles. The van der Waals surface area contributed by atoms with Crippen molar-refractivity contribution in [3.8, 4) is 16.8 Å². The summed E-state index contributed by atoms with van der Waals surface area (Å²) in [5.74, 6) is -1.67. The third kappa shape index (κ3) is 4.39. The molecule has 0 spiro atoms. The number of hydrogen-bond acceptors (Lipinski definition) is 6. The van der Waals surface area contributed by atoms with Crippen molar-refractivity contribution in [1.82, 2.24) is 24.7 Å². The molecule has 1 saturated heterocycles. The summed E-state index contributed by atoms with van der Waals surface area (Å²) in [5, 5.41) is 14.6. The summed E-state index contributed by atoms with van der Waals surface area (Å²) >= 11 is 0. The highest BCUT2D eigenvalue weighted by Gasteiger charge is 2.42. The van der Waals surface area contributed by atoms with Crippen LogP contribution in [0.3, 0.4) is 0 Å². The standard InChI is InChI=1S/C29H25F2N7O2/c1-18-13-28(38(34-18)26-6-4-3-5-24(26)31)37(19(2)39)29(40)27-15-23(30)17-36(27)35-12-10-21-14-20(7-8-25(21)35)22-9-11-32-33-16-22/h3-14,16,23,27H,15,17H2,1-2H3. The Morgan fingerprint density at radius 2 is 1.85 bits per heavy atom. The molecule has 2 unspecified atom stereocenters. The Kier molecular flexibility index (Phi) is 6.33. The number of anilines is 1. The first-order chi connectivity index (χ1) is 19.3. The smallest absolute Gasteiger partial charge is 0.259 e. The highest BCUT2D eigenvalue weighted by atomic mass is 19.1. The lowest BCUT2D eigenvalue weighted by Crippen LogP contribution is -2.51. The van der Waals surface area contributed by atoms with Crippen molar-refractivity contribution >= 4 is 28.5 Å². The maximum absolute atomic E-state index is 14.9. The van der Waals surface area contributed by atoms with Gasteiger partial charge in [0, 0.05) is 36.6 Å². The van der Waals surface area contributed by atoms with E-state index < -0.39 is 29.8 Å². The summed E-state index contributed by atoms with van der Waals surface area (Å²) in [6, 6.07) is 16.1. The number of aryl methyl sites for hydroxylation is 1. The highest BCUT2D eigenvalue weighted by molar-refractivity contribution is 6.16. The lowest BCUT2D eigenvalue weighted by atomic mass is 10.1. The molecule has 40 heavy (non-hydrogen) atoms. The van der Waals surface area contributed by atoms with Crippen LogP contribution in [0.1, 0.15) is 19.0 Å². The first kappa shape index (κ1) is 25.4. The van der Waals surface area contributed by atoms with Crippen LogP contribution in [0.15, 0.2) is 79.3 Å². The molecule has 2 aromatic carbocycles. The van der Waals surface area contributed by atoms with Gasteiger partial charge in [0.2, 0.25) is 5.91 Å². The van der Waals surface area contributed by atoms with Gasteiger partial charge in [0.1, 0.15) is 29.5 Å². The van der Waals surface area contributed by atoms with E-state index in [0.717, 1.165) is 26.9 Å². The Morgan fingerprint density at radius 3 is 2.60 bits per heavy atom. The van der Waals surface area contributed by atoms with Crippen LogP contribution < -0.4 is 9.91 Å². The predicted molar refractivity (Wildman–Crippen MR) is 146 cm³/mol. The minimum absolute atomic E-state index is 0.0342. The van der Waals surface area contributed by atoms with Gasteiger partial charge in [-0.15, -0.1) is 0 Å². The second kappa shape index (κ2) is 9.99. The van der Waals surface area contributed by atoms with E-state index in [1.807, 2.05) is 30.3 Å². The monoisotopic (exact) mass is 541 g/mol. The second-order valence-electron chi connectivity index (χ2n) is 9.74. The van der Waals surface area contributed by atoms with E-state index in [-0.39, 0.29) is 24.5 Å². The van der Waals surface area contributed by atoms with Gasteiger partial charge in [-0.3, -0.25) is 19.3 Å². The lowest BCUT2D eigenvalue weighted by molar-refractivity contribution is -0.126. The van der Waals surface area contributed by atoms with Crippen molar-refractivity contribution in [2.24, 2.45) is 0 Å². The van der Waals surface area contributed by atoms with E-state index in [2.05, 4.69) is 15.3 Å². The number of benzene rings is 2. The SMILES string of the molecule is CC(=O)N(C(=O)C1CC(F)CN1n1ccc2cc(-c3ccnnc3)ccc21)c1cc(C)nn1-c1ccccc1F.